The van der Waals surface area contributed by atoms with Gasteiger partial charge in [0.15, 0.2) is 11.4 Å². The van der Waals surface area contributed by atoms with Gasteiger partial charge in [-0.3, -0.25) is 14.9 Å². The summed E-state index contributed by atoms with van der Waals surface area (Å²) < 4.78 is 11.0. The van der Waals surface area contributed by atoms with Gasteiger partial charge in [-0.15, -0.1) is 0 Å². The van der Waals surface area contributed by atoms with E-state index in [1.807, 2.05) is 36.4 Å². The molecule has 0 atom stereocenters. The average molecular weight is 399 g/mol. The van der Waals surface area contributed by atoms with Crippen LogP contribution in [0.1, 0.15) is 20.8 Å². The minimum Gasteiger partial charge on any atom is -0.455 e. The first kappa shape index (κ1) is 18.9. The number of para-hydroxylation sites is 3. The van der Waals surface area contributed by atoms with Gasteiger partial charge in [0, 0.05) is 5.56 Å². The molecule has 0 fully saturated rings. The lowest BCUT2D eigenvalue weighted by molar-refractivity contribution is 0.101. The quantitative estimate of drug-likeness (QED) is 0.477. The van der Waals surface area contributed by atoms with Crippen LogP contribution in [-0.4, -0.2) is 16.8 Å². The van der Waals surface area contributed by atoms with Gasteiger partial charge in [-0.25, -0.2) is 0 Å². The van der Waals surface area contributed by atoms with Crippen molar-refractivity contribution in [3.8, 4) is 11.5 Å². The van der Waals surface area contributed by atoms with Crippen LogP contribution in [0.4, 0.5) is 11.7 Å². The average Bonchev–Trinajstić information content (AvgIpc) is 3.25. The zero-order valence-electron chi connectivity index (χ0n) is 15.7. The molecule has 4 aromatic rings. The Labute approximate surface area is 172 Å². The van der Waals surface area contributed by atoms with E-state index in [0.717, 1.165) is 0 Å². The van der Waals surface area contributed by atoms with Crippen LogP contribution in [0.25, 0.3) is 0 Å². The molecule has 0 bridgehead atoms. The maximum atomic E-state index is 12.6. The molecule has 0 radical (unpaired) electrons. The molecule has 0 aliphatic heterocycles. The Morgan fingerprint density at radius 1 is 0.767 bits per heavy atom. The van der Waals surface area contributed by atoms with Crippen LogP contribution in [0.5, 0.6) is 11.5 Å². The van der Waals surface area contributed by atoms with Gasteiger partial charge in [0.05, 0.1) is 5.69 Å². The lowest BCUT2D eigenvalue weighted by atomic mass is 10.2. The van der Waals surface area contributed by atoms with Crippen molar-refractivity contribution < 1.29 is 18.7 Å². The third-order valence-electron chi connectivity index (χ3n) is 4.10. The van der Waals surface area contributed by atoms with Crippen LogP contribution >= 0.6 is 0 Å². The normalized spacial score (nSPS) is 10.3. The van der Waals surface area contributed by atoms with Crippen molar-refractivity contribution in [1.29, 1.82) is 0 Å². The minimum atomic E-state index is -0.497. The summed E-state index contributed by atoms with van der Waals surface area (Å²) in [6.45, 7) is 0. The van der Waals surface area contributed by atoms with Crippen LogP contribution in [0.2, 0.25) is 0 Å². The van der Waals surface area contributed by atoms with E-state index in [9.17, 15) is 9.59 Å². The number of rotatable bonds is 6. The molecule has 1 aromatic heterocycles. The topological polar surface area (TPSA) is 93.5 Å². The van der Waals surface area contributed by atoms with Crippen LogP contribution in [0.3, 0.4) is 0 Å². The Kier molecular flexibility index (Phi) is 5.52. The zero-order chi connectivity index (χ0) is 20.8. The fourth-order valence-electron chi connectivity index (χ4n) is 2.66. The van der Waals surface area contributed by atoms with Crippen LogP contribution in [0.15, 0.2) is 95.6 Å². The van der Waals surface area contributed by atoms with Crippen molar-refractivity contribution >= 4 is 23.5 Å². The summed E-state index contributed by atoms with van der Waals surface area (Å²) in [6.07, 6.45) is 1.18. The number of aromatic nitrogens is 1. The summed E-state index contributed by atoms with van der Waals surface area (Å²) >= 11 is 0. The van der Waals surface area contributed by atoms with E-state index in [4.69, 9.17) is 9.15 Å². The number of nitrogens with zero attached hydrogens (tertiary/aromatic N) is 1. The number of amides is 2. The number of ether oxygens (including phenoxy) is 1. The molecular weight excluding hydrogens is 382 g/mol. The molecule has 2 N–H and O–H groups in total. The van der Waals surface area contributed by atoms with Crippen molar-refractivity contribution in [2.45, 2.75) is 0 Å². The zero-order valence-corrected chi connectivity index (χ0v) is 15.7. The summed E-state index contributed by atoms with van der Waals surface area (Å²) in [5.41, 5.74) is 0.950. The van der Waals surface area contributed by atoms with Gasteiger partial charge < -0.3 is 14.5 Å². The molecule has 7 heteroatoms. The molecule has 148 valence electrons. The highest BCUT2D eigenvalue weighted by molar-refractivity contribution is 6.05. The molecule has 3 aromatic carbocycles. The highest BCUT2D eigenvalue weighted by Crippen LogP contribution is 2.29. The summed E-state index contributed by atoms with van der Waals surface area (Å²) in [6, 6.07) is 24.9. The molecule has 0 spiro atoms. The van der Waals surface area contributed by atoms with Gasteiger partial charge in [0.25, 0.3) is 11.8 Å². The van der Waals surface area contributed by atoms with Crippen LogP contribution in [-0.2, 0) is 0 Å². The fourth-order valence-corrected chi connectivity index (χ4v) is 2.66. The molecule has 4 rings (SSSR count). The smallest absolute Gasteiger partial charge is 0.302 e. The number of hydrogen-bond acceptors (Lipinski definition) is 5. The third kappa shape index (κ3) is 4.53. The molecule has 1 heterocycles. The highest BCUT2D eigenvalue weighted by atomic mass is 16.5. The monoisotopic (exact) mass is 399 g/mol. The van der Waals surface area contributed by atoms with Gasteiger partial charge >= 0.3 is 6.01 Å². The minimum absolute atomic E-state index is 0.0212. The van der Waals surface area contributed by atoms with Crippen molar-refractivity contribution in [2.75, 3.05) is 10.6 Å². The maximum Gasteiger partial charge on any atom is 0.302 e. The van der Waals surface area contributed by atoms with E-state index in [1.54, 1.807) is 48.5 Å². The van der Waals surface area contributed by atoms with Gasteiger partial charge in [-0.1, -0.05) is 48.5 Å². The van der Waals surface area contributed by atoms with Gasteiger partial charge in [-0.2, -0.15) is 4.98 Å². The Morgan fingerprint density at radius 3 is 2.20 bits per heavy atom. The van der Waals surface area contributed by atoms with Crippen LogP contribution in [0, 0.1) is 0 Å². The molecule has 0 unspecified atom stereocenters. The van der Waals surface area contributed by atoms with E-state index >= 15 is 0 Å². The SMILES string of the molecule is O=C(Nc1nc(C(=O)Nc2ccccc2Oc2ccccc2)co1)c1ccccc1. The second-order valence-corrected chi connectivity index (χ2v) is 6.22. The molecule has 2 amide bonds. The fraction of sp³-hybridized carbons (Fsp3) is 0. The van der Waals surface area contributed by atoms with E-state index < -0.39 is 5.91 Å². The molecule has 7 nitrogen and oxygen atoms in total. The first-order valence-corrected chi connectivity index (χ1v) is 9.14. The number of carbonyl (C=O) groups excluding carboxylic acids is 2. The lowest BCUT2D eigenvalue weighted by Crippen LogP contribution is -2.14. The molecule has 0 aliphatic rings. The third-order valence-corrected chi connectivity index (χ3v) is 4.10. The molecular formula is C23H17N3O4. The number of carbonyl (C=O) groups is 2. The Bertz CT molecular complexity index is 1160. The molecule has 0 saturated carbocycles. The summed E-state index contributed by atoms with van der Waals surface area (Å²) in [5.74, 6) is 0.249. The number of oxazole rings is 1. The maximum absolute atomic E-state index is 12.6. The molecule has 0 saturated heterocycles. The number of benzene rings is 3. The van der Waals surface area contributed by atoms with Crippen molar-refractivity contribution in [3.63, 3.8) is 0 Å². The van der Waals surface area contributed by atoms with E-state index in [-0.39, 0.29) is 17.6 Å². The second-order valence-electron chi connectivity index (χ2n) is 6.22. The van der Waals surface area contributed by atoms with Crippen molar-refractivity contribution in [1.82, 2.24) is 4.98 Å². The van der Waals surface area contributed by atoms with Crippen molar-refractivity contribution in [2.24, 2.45) is 0 Å². The molecule has 30 heavy (non-hydrogen) atoms. The van der Waals surface area contributed by atoms with Crippen molar-refractivity contribution in [3.05, 3.63) is 102 Å². The van der Waals surface area contributed by atoms with Gasteiger partial charge in [0.2, 0.25) is 0 Å². The number of anilines is 2. The standard InChI is InChI=1S/C23H17N3O4/c27-21(16-9-3-1-4-10-16)26-23-25-19(15-29-23)22(28)24-18-13-7-8-14-20(18)30-17-11-5-2-6-12-17/h1-15H,(H,24,28)(H,25,26,27). The first-order valence-electron chi connectivity index (χ1n) is 9.14. The predicted molar refractivity (Wildman–Crippen MR) is 112 cm³/mol. The van der Waals surface area contributed by atoms with Crippen LogP contribution < -0.4 is 15.4 Å². The van der Waals surface area contributed by atoms with Gasteiger partial charge in [0.1, 0.15) is 12.0 Å². The Balaban J connectivity index is 1.44. The summed E-state index contributed by atoms with van der Waals surface area (Å²) in [4.78, 5) is 28.8. The first-order chi connectivity index (χ1) is 14.7. The molecule has 0 aliphatic carbocycles. The Hall–Kier alpha value is -4.39. The van der Waals surface area contributed by atoms with E-state index in [2.05, 4.69) is 15.6 Å². The highest BCUT2D eigenvalue weighted by Gasteiger charge is 2.16. The number of nitrogens with one attached hydrogen (secondary N) is 2. The largest absolute Gasteiger partial charge is 0.455 e. The predicted octanol–water partition coefficient (Wildman–Crippen LogP) is 4.97. The summed E-state index contributed by atoms with van der Waals surface area (Å²) in [5, 5.41) is 5.27. The lowest BCUT2D eigenvalue weighted by Gasteiger charge is -2.11. The van der Waals surface area contributed by atoms with Gasteiger partial charge in [-0.05, 0) is 36.4 Å². The van der Waals surface area contributed by atoms with E-state index in [1.165, 1.54) is 6.26 Å². The summed E-state index contributed by atoms with van der Waals surface area (Å²) in [7, 11) is 0. The second kappa shape index (κ2) is 8.74. The Morgan fingerprint density at radius 2 is 1.43 bits per heavy atom. The number of hydrogen-bond donors (Lipinski definition) is 2. The van der Waals surface area contributed by atoms with E-state index in [0.29, 0.717) is 22.7 Å².